The molecule has 0 bridgehead atoms. The zero-order valence-corrected chi connectivity index (χ0v) is 17.5. The van der Waals surface area contributed by atoms with Crippen LogP contribution in [0.15, 0.2) is 81.1 Å². The molecule has 0 amide bonds. The molecule has 5 rings (SSSR count). The van der Waals surface area contributed by atoms with Crippen LogP contribution in [0.25, 0.3) is 21.7 Å². The third-order valence-corrected chi connectivity index (χ3v) is 5.99. The van der Waals surface area contributed by atoms with Crippen LogP contribution in [0, 0.1) is 5.82 Å². The van der Waals surface area contributed by atoms with E-state index in [0.29, 0.717) is 22.3 Å². The molecule has 0 fully saturated rings. The molecule has 2 aromatic heterocycles. The van der Waals surface area contributed by atoms with E-state index in [1.807, 2.05) is 30.3 Å². The summed E-state index contributed by atoms with van der Waals surface area (Å²) in [5, 5.41) is 11.5. The Labute approximate surface area is 185 Å². The van der Waals surface area contributed by atoms with Gasteiger partial charge in [0, 0.05) is 17.2 Å². The van der Waals surface area contributed by atoms with E-state index < -0.39 is 11.4 Å². The van der Waals surface area contributed by atoms with Crippen LogP contribution in [0.4, 0.5) is 4.39 Å². The van der Waals surface area contributed by atoms with Gasteiger partial charge >= 0.3 is 5.63 Å². The van der Waals surface area contributed by atoms with Gasteiger partial charge in [0.15, 0.2) is 17.4 Å². The summed E-state index contributed by atoms with van der Waals surface area (Å²) in [6.07, 6.45) is 0. The van der Waals surface area contributed by atoms with Gasteiger partial charge in [-0.05, 0) is 34.5 Å². The molecule has 32 heavy (non-hydrogen) atoms. The van der Waals surface area contributed by atoms with E-state index in [4.69, 9.17) is 15.0 Å². The molecule has 0 atom stereocenters. The van der Waals surface area contributed by atoms with Crippen LogP contribution in [0.1, 0.15) is 11.4 Å². The first-order chi connectivity index (χ1) is 15.6. The number of nitrogens with two attached hydrogens (primary N) is 1. The lowest BCUT2D eigenvalue weighted by Gasteiger charge is -2.09. The summed E-state index contributed by atoms with van der Waals surface area (Å²) in [6.45, 7) is -0.0342. The number of hydrogen-bond acceptors (Lipinski definition) is 7. The van der Waals surface area contributed by atoms with Crippen molar-refractivity contribution in [3.63, 3.8) is 0 Å². The van der Waals surface area contributed by atoms with Gasteiger partial charge in [-0.2, -0.15) is 0 Å². The number of hydrogen-bond donors (Lipinski definition) is 1. The second kappa shape index (κ2) is 8.35. The maximum absolute atomic E-state index is 13.7. The smallest absolute Gasteiger partial charge is 0.336 e. The molecule has 0 saturated carbocycles. The minimum atomic E-state index is -0.466. The molecule has 2 heterocycles. The molecule has 2 N–H and O–H groups in total. The van der Waals surface area contributed by atoms with E-state index in [9.17, 15) is 9.18 Å². The van der Waals surface area contributed by atoms with Crippen LogP contribution in [0.2, 0.25) is 0 Å². The van der Waals surface area contributed by atoms with Gasteiger partial charge in [0.2, 0.25) is 5.16 Å². The largest absolute Gasteiger partial charge is 0.482 e. The van der Waals surface area contributed by atoms with Crippen LogP contribution in [0.5, 0.6) is 5.75 Å². The fourth-order valence-electron chi connectivity index (χ4n) is 3.48. The van der Waals surface area contributed by atoms with E-state index in [1.165, 1.54) is 34.6 Å². The minimum Gasteiger partial charge on any atom is -0.482 e. The number of ether oxygens (including phenoxy) is 1. The molecule has 7 nitrogen and oxygen atoms in total. The SMILES string of the molecule is Nn1c(COc2ccccc2F)nnc1SCc1cc(=O)oc2ccc3ccccc3c12. The molecular formula is C23H17FN4O3S. The predicted octanol–water partition coefficient (Wildman–Crippen LogP) is 4.26. The maximum atomic E-state index is 13.7. The Morgan fingerprint density at radius 2 is 1.88 bits per heavy atom. The highest BCUT2D eigenvalue weighted by Gasteiger charge is 2.15. The monoisotopic (exact) mass is 448 g/mol. The first-order valence-electron chi connectivity index (χ1n) is 9.74. The number of benzene rings is 3. The van der Waals surface area contributed by atoms with Gasteiger partial charge in [0.05, 0.1) is 0 Å². The fourth-order valence-corrected chi connectivity index (χ4v) is 4.34. The van der Waals surface area contributed by atoms with Crippen LogP contribution >= 0.6 is 11.8 Å². The van der Waals surface area contributed by atoms with Gasteiger partial charge in [-0.3, -0.25) is 0 Å². The van der Waals surface area contributed by atoms with E-state index in [2.05, 4.69) is 10.2 Å². The first kappa shape index (κ1) is 20.1. The normalized spacial score (nSPS) is 11.3. The highest BCUT2D eigenvalue weighted by Crippen LogP contribution is 2.31. The Kier molecular flexibility index (Phi) is 5.24. The van der Waals surface area contributed by atoms with Gasteiger partial charge in [-0.1, -0.05) is 54.2 Å². The molecule has 0 aliphatic carbocycles. The molecule has 0 aliphatic heterocycles. The highest BCUT2D eigenvalue weighted by atomic mass is 32.2. The molecule has 9 heteroatoms. The number of nitrogen functional groups attached to an aromatic ring is 1. The quantitative estimate of drug-likeness (QED) is 0.179. The number of fused-ring (bicyclic) bond motifs is 3. The summed E-state index contributed by atoms with van der Waals surface area (Å²) >= 11 is 1.33. The van der Waals surface area contributed by atoms with Crippen LogP contribution in [-0.2, 0) is 12.4 Å². The van der Waals surface area contributed by atoms with Crippen LogP contribution in [0.3, 0.4) is 0 Å². The number of thioether (sulfide) groups is 1. The molecule has 0 unspecified atom stereocenters. The minimum absolute atomic E-state index is 0.0342. The number of rotatable bonds is 6. The van der Waals surface area contributed by atoms with Crippen LogP contribution < -0.4 is 16.2 Å². The lowest BCUT2D eigenvalue weighted by molar-refractivity contribution is 0.277. The Morgan fingerprint density at radius 1 is 1.06 bits per heavy atom. The van der Waals surface area contributed by atoms with E-state index in [1.54, 1.807) is 18.2 Å². The van der Waals surface area contributed by atoms with Crippen molar-refractivity contribution in [1.82, 2.24) is 14.9 Å². The summed E-state index contributed by atoms with van der Waals surface area (Å²) in [5.41, 5.74) is 0.918. The van der Waals surface area contributed by atoms with E-state index >= 15 is 0 Å². The summed E-state index contributed by atoms with van der Waals surface area (Å²) in [7, 11) is 0. The van der Waals surface area contributed by atoms with Crippen molar-refractivity contribution in [3.8, 4) is 5.75 Å². The maximum Gasteiger partial charge on any atom is 0.336 e. The number of para-hydroxylation sites is 1. The molecular weight excluding hydrogens is 431 g/mol. The summed E-state index contributed by atoms with van der Waals surface area (Å²) in [6, 6.07) is 19.2. The van der Waals surface area contributed by atoms with Gasteiger partial charge in [-0.25, -0.2) is 13.9 Å². The van der Waals surface area contributed by atoms with Crippen molar-refractivity contribution in [3.05, 3.63) is 94.4 Å². The Balaban J connectivity index is 1.40. The van der Waals surface area contributed by atoms with Gasteiger partial charge in [0.25, 0.3) is 0 Å². The number of nitrogens with zero attached hydrogens (tertiary/aromatic N) is 3. The molecule has 0 saturated heterocycles. The topological polar surface area (TPSA) is 96.2 Å². The molecule has 0 aliphatic rings. The fraction of sp³-hybridized carbons (Fsp3) is 0.0870. The molecule has 0 spiro atoms. The Morgan fingerprint density at radius 3 is 2.75 bits per heavy atom. The van der Waals surface area contributed by atoms with Crippen molar-refractivity contribution < 1.29 is 13.5 Å². The second-order valence-electron chi connectivity index (χ2n) is 7.03. The van der Waals surface area contributed by atoms with Gasteiger partial charge in [0.1, 0.15) is 12.2 Å². The molecule has 160 valence electrons. The van der Waals surface area contributed by atoms with E-state index in [0.717, 1.165) is 21.7 Å². The lowest BCUT2D eigenvalue weighted by Crippen LogP contribution is -2.16. The number of aromatic nitrogens is 3. The molecule has 3 aromatic carbocycles. The summed E-state index contributed by atoms with van der Waals surface area (Å²) in [4.78, 5) is 12.1. The first-order valence-corrected chi connectivity index (χ1v) is 10.7. The van der Waals surface area contributed by atoms with Gasteiger partial charge < -0.3 is 15.0 Å². The number of halogens is 1. The predicted molar refractivity (Wildman–Crippen MR) is 120 cm³/mol. The summed E-state index contributed by atoms with van der Waals surface area (Å²) < 4.78 is 25.9. The zero-order valence-electron chi connectivity index (χ0n) is 16.7. The Bertz CT molecular complexity index is 1500. The third-order valence-electron chi connectivity index (χ3n) is 5.00. The van der Waals surface area contributed by atoms with Crippen LogP contribution in [-0.4, -0.2) is 14.9 Å². The molecule has 0 radical (unpaired) electrons. The highest BCUT2D eigenvalue weighted by molar-refractivity contribution is 7.98. The molecule has 5 aromatic rings. The third kappa shape index (κ3) is 3.78. The van der Waals surface area contributed by atoms with Crippen molar-refractivity contribution in [2.45, 2.75) is 17.5 Å². The standard InChI is InChI=1S/C23H17FN4O3S/c24-17-7-3-4-8-18(17)30-12-20-26-27-23(28(20)25)32-13-15-11-21(29)31-19-10-9-14-5-1-2-6-16(14)22(15)19/h1-11H,12-13,25H2. The van der Waals surface area contributed by atoms with Crippen molar-refractivity contribution >= 4 is 33.5 Å². The lowest BCUT2D eigenvalue weighted by atomic mass is 10.0. The van der Waals surface area contributed by atoms with Crippen molar-refractivity contribution in [2.75, 3.05) is 5.84 Å². The zero-order chi connectivity index (χ0) is 22.1. The Hall–Kier alpha value is -3.85. The van der Waals surface area contributed by atoms with Gasteiger partial charge in [-0.15, -0.1) is 10.2 Å². The van der Waals surface area contributed by atoms with Crippen molar-refractivity contribution in [2.24, 2.45) is 0 Å². The summed E-state index contributed by atoms with van der Waals surface area (Å²) in [5.74, 6) is 6.54. The average Bonchev–Trinajstić information content (AvgIpc) is 3.15. The average molecular weight is 448 g/mol. The van der Waals surface area contributed by atoms with Crippen molar-refractivity contribution in [1.29, 1.82) is 0 Å². The van der Waals surface area contributed by atoms with E-state index in [-0.39, 0.29) is 12.4 Å². The second-order valence-corrected chi connectivity index (χ2v) is 7.97.